The van der Waals surface area contributed by atoms with Gasteiger partial charge in [-0.3, -0.25) is 4.90 Å². The van der Waals surface area contributed by atoms with Gasteiger partial charge in [-0.2, -0.15) is 0 Å². The SMILES string of the molecule is CCC1CN(Cc2ccc(C(=O)O)cc2C)CCO1. The lowest BCUT2D eigenvalue weighted by molar-refractivity contribution is -0.0325. The highest BCUT2D eigenvalue weighted by Crippen LogP contribution is 2.16. The molecule has 1 N–H and O–H groups in total. The van der Waals surface area contributed by atoms with Gasteiger partial charge in [0, 0.05) is 19.6 Å². The first-order valence-electron chi connectivity index (χ1n) is 6.77. The van der Waals surface area contributed by atoms with E-state index in [1.807, 2.05) is 13.0 Å². The molecule has 1 unspecified atom stereocenters. The molecule has 1 aliphatic rings. The van der Waals surface area contributed by atoms with Crippen LogP contribution >= 0.6 is 0 Å². The van der Waals surface area contributed by atoms with Gasteiger partial charge in [0.2, 0.25) is 0 Å². The van der Waals surface area contributed by atoms with Crippen molar-refractivity contribution in [3.8, 4) is 0 Å². The van der Waals surface area contributed by atoms with Gasteiger partial charge in [-0.05, 0) is 36.6 Å². The van der Waals surface area contributed by atoms with E-state index >= 15 is 0 Å². The van der Waals surface area contributed by atoms with E-state index in [4.69, 9.17) is 9.84 Å². The largest absolute Gasteiger partial charge is 0.478 e. The zero-order valence-corrected chi connectivity index (χ0v) is 11.6. The molecule has 0 radical (unpaired) electrons. The van der Waals surface area contributed by atoms with Gasteiger partial charge >= 0.3 is 5.97 Å². The zero-order chi connectivity index (χ0) is 13.8. The quantitative estimate of drug-likeness (QED) is 0.905. The molecule has 0 bridgehead atoms. The van der Waals surface area contributed by atoms with Gasteiger partial charge in [0.15, 0.2) is 0 Å². The van der Waals surface area contributed by atoms with Crippen LogP contribution in [0.1, 0.15) is 34.8 Å². The van der Waals surface area contributed by atoms with E-state index < -0.39 is 5.97 Å². The highest BCUT2D eigenvalue weighted by Gasteiger charge is 2.19. The topological polar surface area (TPSA) is 49.8 Å². The number of aromatic carboxylic acids is 1. The second kappa shape index (κ2) is 6.17. The van der Waals surface area contributed by atoms with E-state index in [0.29, 0.717) is 11.7 Å². The van der Waals surface area contributed by atoms with Gasteiger partial charge in [-0.15, -0.1) is 0 Å². The zero-order valence-electron chi connectivity index (χ0n) is 11.6. The van der Waals surface area contributed by atoms with Crippen LogP contribution in [0.2, 0.25) is 0 Å². The highest BCUT2D eigenvalue weighted by molar-refractivity contribution is 5.87. The lowest BCUT2D eigenvalue weighted by Crippen LogP contribution is -2.41. The lowest BCUT2D eigenvalue weighted by atomic mass is 10.0. The molecule has 1 aliphatic heterocycles. The Morgan fingerprint density at radius 3 is 2.95 bits per heavy atom. The number of hydrogen-bond donors (Lipinski definition) is 1. The molecule has 0 spiro atoms. The van der Waals surface area contributed by atoms with Crippen molar-refractivity contribution in [3.63, 3.8) is 0 Å². The summed E-state index contributed by atoms with van der Waals surface area (Å²) >= 11 is 0. The number of carboxylic acid groups (broad SMARTS) is 1. The third-order valence-electron chi connectivity index (χ3n) is 3.66. The van der Waals surface area contributed by atoms with Gasteiger partial charge < -0.3 is 9.84 Å². The monoisotopic (exact) mass is 263 g/mol. The maximum Gasteiger partial charge on any atom is 0.335 e. The standard InChI is InChI=1S/C15H21NO3/c1-3-14-10-16(6-7-19-14)9-13-5-4-12(15(17)18)8-11(13)2/h4-5,8,14H,3,6-7,9-10H2,1-2H3,(H,17,18). The van der Waals surface area contributed by atoms with E-state index in [2.05, 4.69) is 11.8 Å². The van der Waals surface area contributed by atoms with Crippen molar-refractivity contribution >= 4 is 5.97 Å². The van der Waals surface area contributed by atoms with Crippen molar-refractivity contribution in [1.82, 2.24) is 4.90 Å². The van der Waals surface area contributed by atoms with Crippen LogP contribution in [0.5, 0.6) is 0 Å². The average molecular weight is 263 g/mol. The predicted molar refractivity (Wildman–Crippen MR) is 73.4 cm³/mol. The first-order valence-corrected chi connectivity index (χ1v) is 6.77. The molecule has 0 saturated carbocycles. The number of morpholine rings is 1. The highest BCUT2D eigenvalue weighted by atomic mass is 16.5. The molecule has 1 heterocycles. The molecule has 4 nitrogen and oxygen atoms in total. The number of hydrogen-bond acceptors (Lipinski definition) is 3. The first kappa shape index (κ1) is 14.0. The molecule has 0 amide bonds. The summed E-state index contributed by atoms with van der Waals surface area (Å²) in [5.41, 5.74) is 2.59. The summed E-state index contributed by atoms with van der Waals surface area (Å²) in [6.07, 6.45) is 1.36. The number of rotatable bonds is 4. The third kappa shape index (κ3) is 3.55. The number of ether oxygens (including phenoxy) is 1. The van der Waals surface area contributed by atoms with Gasteiger partial charge in [-0.1, -0.05) is 13.0 Å². The summed E-state index contributed by atoms with van der Waals surface area (Å²) < 4.78 is 5.66. The Morgan fingerprint density at radius 1 is 1.53 bits per heavy atom. The summed E-state index contributed by atoms with van der Waals surface area (Å²) in [7, 11) is 0. The Hall–Kier alpha value is -1.39. The molecule has 1 aromatic rings. The maximum atomic E-state index is 10.9. The number of aryl methyl sites for hydroxylation is 1. The second-order valence-corrected chi connectivity index (χ2v) is 5.08. The fourth-order valence-electron chi connectivity index (χ4n) is 2.42. The molecular formula is C15H21NO3. The van der Waals surface area contributed by atoms with E-state index in [-0.39, 0.29) is 0 Å². The van der Waals surface area contributed by atoms with Gasteiger partial charge in [0.25, 0.3) is 0 Å². The van der Waals surface area contributed by atoms with Gasteiger partial charge in [0.1, 0.15) is 0 Å². The predicted octanol–water partition coefficient (Wildman–Crippen LogP) is 2.30. The van der Waals surface area contributed by atoms with Crippen LogP contribution < -0.4 is 0 Å². The molecule has 2 rings (SSSR count). The summed E-state index contributed by atoms with van der Waals surface area (Å²) in [6, 6.07) is 5.35. The van der Waals surface area contributed by atoms with Crippen LogP contribution in [0, 0.1) is 6.92 Å². The smallest absolute Gasteiger partial charge is 0.335 e. The van der Waals surface area contributed by atoms with Crippen LogP contribution in [-0.4, -0.2) is 41.8 Å². The fraction of sp³-hybridized carbons (Fsp3) is 0.533. The minimum atomic E-state index is -0.868. The number of nitrogens with zero attached hydrogens (tertiary/aromatic N) is 1. The van der Waals surface area contributed by atoms with Gasteiger partial charge in [-0.25, -0.2) is 4.79 Å². The second-order valence-electron chi connectivity index (χ2n) is 5.08. The molecule has 1 saturated heterocycles. The number of carbonyl (C=O) groups is 1. The molecule has 1 atom stereocenters. The first-order chi connectivity index (χ1) is 9.10. The van der Waals surface area contributed by atoms with E-state index in [1.54, 1.807) is 12.1 Å². The number of carboxylic acids is 1. The molecular weight excluding hydrogens is 242 g/mol. The minimum Gasteiger partial charge on any atom is -0.478 e. The van der Waals surface area contributed by atoms with Crippen molar-refractivity contribution < 1.29 is 14.6 Å². The van der Waals surface area contributed by atoms with E-state index in [1.165, 1.54) is 5.56 Å². The summed E-state index contributed by atoms with van der Waals surface area (Å²) in [5, 5.41) is 8.96. The summed E-state index contributed by atoms with van der Waals surface area (Å²) in [4.78, 5) is 13.3. The van der Waals surface area contributed by atoms with E-state index in [9.17, 15) is 4.79 Å². The van der Waals surface area contributed by atoms with Crippen molar-refractivity contribution in [1.29, 1.82) is 0 Å². The van der Waals surface area contributed by atoms with Crippen LogP contribution in [0.3, 0.4) is 0 Å². The average Bonchev–Trinajstić information content (AvgIpc) is 2.41. The summed E-state index contributed by atoms with van der Waals surface area (Å²) in [5.74, 6) is -0.868. The molecule has 0 aliphatic carbocycles. The maximum absolute atomic E-state index is 10.9. The molecule has 0 aromatic heterocycles. The molecule has 104 valence electrons. The van der Waals surface area contributed by atoms with Crippen molar-refractivity contribution in [2.45, 2.75) is 32.9 Å². The summed E-state index contributed by atoms with van der Waals surface area (Å²) in [6.45, 7) is 7.66. The molecule has 4 heteroatoms. The van der Waals surface area contributed by atoms with Crippen molar-refractivity contribution in [2.75, 3.05) is 19.7 Å². The third-order valence-corrected chi connectivity index (χ3v) is 3.66. The normalized spacial score (nSPS) is 20.4. The fourth-order valence-corrected chi connectivity index (χ4v) is 2.42. The molecule has 1 fully saturated rings. The molecule has 1 aromatic carbocycles. The van der Waals surface area contributed by atoms with Gasteiger partial charge in [0.05, 0.1) is 18.3 Å². The van der Waals surface area contributed by atoms with Crippen LogP contribution in [0.15, 0.2) is 18.2 Å². The van der Waals surface area contributed by atoms with Crippen LogP contribution in [0.4, 0.5) is 0 Å². The number of benzene rings is 1. The van der Waals surface area contributed by atoms with Crippen molar-refractivity contribution in [2.24, 2.45) is 0 Å². The minimum absolute atomic E-state index is 0.326. The lowest BCUT2D eigenvalue weighted by Gasteiger charge is -2.32. The van der Waals surface area contributed by atoms with Crippen LogP contribution in [0.25, 0.3) is 0 Å². The van der Waals surface area contributed by atoms with E-state index in [0.717, 1.165) is 38.2 Å². The Bertz CT molecular complexity index is 459. The Labute approximate surface area is 114 Å². The Balaban J connectivity index is 2.04. The Kier molecular flexibility index (Phi) is 4.56. The Morgan fingerprint density at radius 2 is 2.32 bits per heavy atom. The van der Waals surface area contributed by atoms with Crippen molar-refractivity contribution in [3.05, 3.63) is 34.9 Å². The molecule has 19 heavy (non-hydrogen) atoms. The van der Waals surface area contributed by atoms with Crippen LogP contribution in [-0.2, 0) is 11.3 Å².